The molecule has 222 valence electrons. The summed E-state index contributed by atoms with van der Waals surface area (Å²) in [7, 11) is 1.21. The lowest BCUT2D eigenvalue weighted by molar-refractivity contribution is -0.141. The van der Waals surface area contributed by atoms with Gasteiger partial charge in [0.25, 0.3) is 0 Å². The van der Waals surface area contributed by atoms with Crippen molar-refractivity contribution < 1.29 is 41.0 Å². The first-order valence-electron chi connectivity index (χ1n) is 11.9. The molecule has 3 rings (SSSR count). The number of hydrogen-bond donors (Lipinski definition) is 2. The number of phenolic OH excluding ortho intramolecular Hbond substituents is 1. The zero-order chi connectivity index (χ0) is 31.2. The van der Waals surface area contributed by atoms with Crippen molar-refractivity contribution in [1.82, 2.24) is 15.1 Å². The fraction of sp³-hybridized carbons (Fsp3) is 0.308. The Balaban J connectivity index is 1.96. The fourth-order valence-corrected chi connectivity index (χ4v) is 4.10. The van der Waals surface area contributed by atoms with Crippen molar-refractivity contribution in [1.29, 1.82) is 0 Å². The summed E-state index contributed by atoms with van der Waals surface area (Å²) in [5.41, 5.74) is 5.37. The quantitative estimate of drug-likeness (QED) is 0.0655. The Labute approximate surface area is 239 Å². The lowest BCUT2D eigenvalue weighted by Crippen LogP contribution is -2.34. The van der Waals surface area contributed by atoms with E-state index in [1.165, 1.54) is 25.2 Å². The summed E-state index contributed by atoms with van der Waals surface area (Å²) in [4.78, 5) is 14.7. The van der Waals surface area contributed by atoms with Crippen molar-refractivity contribution >= 4 is 17.5 Å². The van der Waals surface area contributed by atoms with Crippen molar-refractivity contribution in [2.75, 3.05) is 13.2 Å². The van der Waals surface area contributed by atoms with Crippen LogP contribution in [-0.4, -0.2) is 40.0 Å². The number of nitrogens with zero attached hydrogens (tertiary/aromatic N) is 5. The Kier molecular flexibility index (Phi) is 9.87. The minimum absolute atomic E-state index is 0.0364. The Morgan fingerprint density at radius 1 is 1.24 bits per heavy atom. The first-order chi connectivity index (χ1) is 19.7. The molecule has 0 radical (unpaired) electrons. The lowest BCUT2D eigenvalue weighted by Gasteiger charge is -2.18. The predicted octanol–water partition coefficient (Wildman–Crippen LogP) is 6.74. The van der Waals surface area contributed by atoms with Gasteiger partial charge in [0.05, 0.1) is 28.5 Å². The average molecular weight is 615 g/mol. The van der Waals surface area contributed by atoms with Crippen LogP contribution in [0.3, 0.4) is 0 Å². The smallest absolute Gasteiger partial charge is 0.435 e. The minimum Gasteiger partial charge on any atom is -0.506 e. The van der Waals surface area contributed by atoms with Crippen LogP contribution in [0.25, 0.3) is 32.8 Å². The van der Waals surface area contributed by atoms with E-state index in [4.69, 9.17) is 28.3 Å². The number of carbonyl (C=O) groups is 1. The molecule has 0 aliphatic heterocycles. The Morgan fingerprint density at radius 3 is 2.55 bits per heavy atom. The van der Waals surface area contributed by atoms with E-state index in [2.05, 4.69) is 26.4 Å². The number of ether oxygens (including phenoxy) is 1. The highest BCUT2D eigenvalue weighted by molar-refractivity contribution is 6.31. The number of phenols is 1. The van der Waals surface area contributed by atoms with Gasteiger partial charge in [0.1, 0.15) is 17.5 Å². The summed E-state index contributed by atoms with van der Waals surface area (Å²) in [6.45, 7) is -0.0777. The highest BCUT2D eigenvalue weighted by Gasteiger charge is 2.36. The highest BCUT2D eigenvalue weighted by atomic mass is 35.5. The molecule has 0 spiro atoms. The van der Waals surface area contributed by atoms with E-state index >= 15 is 0 Å². The van der Waals surface area contributed by atoms with E-state index in [1.54, 1.807) is 0 Å². The number of nitrogens with one attached hydrogen (secondary N) is 1. The number of terminal acetylenes is 1. The Hall–Kier alpha value is -4.54. The van der Waals surface area contributed by atoms with Crippen molar-refractivity contribution in [2.24, 2.45) is 12.2 Å². The molecular weight excluding hydrogens is 594 g/mol. The van der Waals surface area contributed by atoms with Gasteiger partial charge in [-0.3, -0.25) is 9.48 Å². The van der Waals surface area contributed by atoms with E-state index < -0.39 is 46.3 Å². The third-order valence-electron chi connectivity index (χ3n) is 5.83. The van der Waals surface area contributed by atoms with E-state index in [1.807, 2.05) is 0 Å². The summed E-state index contributed by atoms with van der Waals surface area (Å²) in [5, 5.41) is 19.8. The first kappa shape index (κ1) is 32.0. The van der Waals surface area contributed by atoms with E-state index in [0.29, 0.717) is 12.1 Å². The van der Waals surface area contributed by atoms with Gasteiger partial charge in [-0.05, 0) is 47.8 Å². The van der Waals surface area contributed by atoms with Crippen molar-refractivity contribution in [3.8, 4) is 46.2 Å². The van der Waals surface area contributed by atoms with Gasteiger partial charge >= 0.3 is 12.4 Å². The molecule has 1 unspecified atom stereocenters. The summed E-state index contributed by atoms with van der Waals surface area (Å²) in [6.07, 6.45) is -4.44. The maximum absolute atomic E-state index is 13.6. The number of aromatic hydroxyl groups is 1. The molecule has 0 bridgehead atoms. The van der Waals surface area contributed by atoms with Gasteiger partial charge in [-0.15, -0.1) is 12.3 Å². The molecule has 0 saturated carbocycles. The molecule has 1 aromatic heterocycles. The van der Waals surface area contributed by atoms with Crippen LogP contribution >= 0.6 is 11.6 Å². The van der Waals surface area contributed by atoms with Gasteiger partial charge in [-0.25, -0.2) is 0 Å². The van der Waals surface area contributed by atoms with Gasteiger partial charge < -0.3 is 15.2 Å². The van der Waals surface area contributed by atoms with Crippen LogP contribution in [0.5, 0.6) is 11.5 Å². The molecule has 9 nitrogen and oxygen atoms in total. The van der Waals surface area contributed by atoms with Crippen molar-refractivity contribution in [3.05, 3.63) is 63.1 Å². The van der Waals surface area contributed by atoms with E-state index in [-0.39, 0.29) is 54.1 Å². The number of amides is 1. The zero-order valence-corrected chi connectivity index (χ0v) is 22.3. The number of benzene rings is 2. The SMILES string of the molecule is C#CCC(N=[N+]=[N-])C(=O)NCCCOc1ccc(-c2cc(C(F)(F)F)nn2C)c(O)c1-c1ccc(Cl)c(C(F)(F)F)c1. The summed E-state index contributed by atoms with van der Waals surface area (Å²) in [6, 6.07) is 4.92. The Bertz CT molecular complexity index is 1560. The van der Waals surface area contributed by atoms with Crippen LogP contribution < -0.4 is 10.1 Å². The van der Waals surface area contributed by atoms with Gasteiger partial charge in [0.15, 0.2) is 5.69 Å². The second-order valence-corrected chi connectivity index (χ2v) is 9.09. The summed E-state index contributed by atoms with van der Waals surface area (Å²) < 4.78 is 87.1. The lowest BCUT2D eigenvalue weighted by atomic mass is 9.97. The first-order valence-corrected chi connectivity index (χ1v) is 12.3. The molecule has 0 aliphatic carbocycles. The van der Waals surface area contributed by atoms with Gasteiger partial charge in [0, 0.05) is 30.5 Å². The minimum atomic E-state index is -4.85. The van der Waals surface area contributed by atoms with E-state index in [9.17, 15) is 36.2 Å². The summed E-state index contributed by atoms with van der Waals surface area (Å²) in [5.74, 6) is 0.825. The molecule has 16 heteroatoms. The third kappa shape index (κ3) is 7.39. The normalized spacial score (nSPS) is 12.3. The van der Waals surface area contributed by atoms with Crippen LogP contribution in [-0.2, 0) is 24.2 Å². The van der Waals surface area contributed by atoms with Crippen LogP contribution in [0.2, 0.25) is 5.02 Å². The summed E-state index contributed by atoms with van der Waals surface area (Å²) >= 11 is 5.74. The van der Waals surface area contributed by atoms with E-state index in [0.717, 1.165) is 10.7 Å². The molecule has 0 aliphatic rings. The number of azide groups is 1. The van der Waals surface area contributed by atoms with Crippen LogP contribution in [0.4, 0.5) is 26.3 Å². The van der Waals surface area contributed by atoms with Crippen molar-refractivity contribution in [3.63, 3.8) is 0 Å². The van der Waals surface area contributed by atoms with Crippen LogP contribution in [0.15, 0.2) is 41.5 Å². The van der Waals surface area contributed by atoms with Crippen LogP contribution in [0, 0.1) is 12.3 Å². The molecule has 1 atom stereocenters. The molecule has 0 saturated heterocycles. The molecule has 1 heterocycles. The van der Waals surface area contributed by atoms with Crippen LogP contribution in [0.1, 0.15) is 24.1 Å². The van der Waals surface area contributed by atoms with Gasteiger partial charge in [-0.2, -0.15) is 31.4 Å². The molecule has 0 fully saturated rings. The molecular formula is C26H21ClF6N6O3. The number of alkyl halides is 6. The molecule has 42 heavy (non-hydrogen) atoms. The van der Waals surface area contributed by atoms with Gasteiger partial charge in [0.2, 0.25) is 5.91 Å². The monoisotopic (exact) mass is 614 g/mol. The fourth-order valence-electron chi connectivity index (χ4n) is 3.88. The number of hydrogen-bond acceptors (Lipinski definition) is 5. The topological polar surface area (TPSA) is 125 Å². The third-order valence-corrected chi connectivity index (χ3v) is 6.16. The zero-order valence-electron chi connectivity index (χ0n) is 21.6. The molecule has 1 amide bonds. The maximum atomic E-state index is 13.6. The maximum Gasteiger partial charge on any atom is 0.435 e. The number of rotatable bonds is 10. The molecule has 2 N–H and O–H groups in total. The predicted molar refractivity (Wildman–Crippen MR) is 140 cm³/mol. The van der Waals surface area contributed by atoms with Gasteiger partial charge in [-0.1, -0.05) is 22.8 Å². The highest BCUT2D eigenvalue weighted by Crippen LogP contribution is 2.47. The molecule has 2 aromatic carbocycles. The average Bonchev–Trinajstić information content (AvgIpc) is 3.30. The second kappa shape index (κ2) is 13.0. The Morgan fingerprint density at radius 2 is 1.95 bits per heavy atom. The standard InChI is InChI=1S/C26H21ClF6N6O3/c1-3-5-18(36-38-34)24(41)35-10-4-11-42-20-9-7-15(19-13-21(26(31,32)33)37-39(19)2)23(40)22(20)14-6-8-17(27)16(12-14)25(28,29)30/h1,6-9,12-13,18,40H,4-5,10-11H2,2H3,(H,35,41). The largest absolute Gasteiger partial charge is 0.506 e. The van der Waals surface area contributed by atoms with Crippen molar-refractivity contribution in [2.45, 2.75) is 31.2 Å². The number of carbonyl (C=O) groups excluding carboxylic acids is 1. The second-order valence-electron chi connectivity index (χ2n) is 8.69. The molecule has 3 aromatic rings. The number of halogens is 7. The number of aromatic nitrogens is 2. The number of aryl methyl sites for hydroxylation is 1.